The third kappa shape index (κ3) is 9.06. The van der Waals surface area contributed by atoms with Gasteiger partial charge in [-0.25, -0.2) is 9.97 Å². The molecule has 1 unspecified atom stereocenters. The van der Waals surface area contributed by atoms with Gasteiger partial charge in [0.15, 0.2) is 0 Å². The van der Waals surface area contributed by atoms with E-state index in [9.17, 15) is 1.37 Å². The molecule has 1 radical (unpaired) electrons. The van der Waals surface area contributed by atoms with Crippen LogP contribution in [0.5, 0.6) is 0 Å². The Kier molecular flexibility index (Phi) is 9.18. The van der Waals surface area contributed by atoms with Crippen molar-refractivity contribution in [2.45, 2.75) is 50.6 Å². The molecule has 0 aliphatic heterocycles. The van der Waals surface area contributed by atoms with Crippen LogP contribution >= 0.6 is 0 Å². The molecule has 0 fully saturated rings. The van der Waals surface area contributed by atoms with Crippen LogP contribution in [0.2, 0.25) is 17.3 Å². The first kappa shape index (κ1) is 30.5. The quantitative estimate of drug-likeness (QED) is 0.118. The first-order valence-corrected chi connectivity index (χ1v) is 26.2. The molecule has 9 aromatic rings. The minimum Gasteiger partial charge on any atom is -0.485 e. The zero-order chi connectivity index (χ0) is 48.8. The Hall–Kier alpha value is -5.53. The smallest absolute Gasteiger partial charge is 0.235 e. The molecule has 0 saturated heterocycles. The van der Waals surface area contributed by atoms with E-state index in [0.717, 1.165) is 27.9 Å². The predicted molar refractivity (Wildman–Crippen MR) is 242 cm³/mol. The standard InChI is InChI=1S/C28H28GeN.C24H18N3O.Ir/c1-21(22-12-7-5-8-13-22)26-19-28(30-20-27(26)29(2,3)4)25-17-11-16-24(18-25)23-14-9-6-10-15-23;1-14-11-21(25-13-20(14)17-7-5-4-6-8-17)18-9-10-22-19(12-18)23-24(28-22)27-16(3)15(2)26-23;/h5-16,18-21H,1-4H3;4-8,10-13H,1-3H3;/q2*-1;/i21D;1D3,2D3,3D3;. The fourth-order valence-corrected chi connectivity index (χ4v) is 10.1. The van der Waals surface area contributed by atoms with Crippen LogP contribution in [0.1, 0.15) is 54.6 Å². The molecule has 0 spiro atoms. The molecule has 0 saturated carbocycles. The van der Waals surface area contributed by atoms with Crippen LogP contribution in [0.15, 0.2) is 150 Å². The van der Waals surface area contributed by atoms with Gasteiger partial charge in [-0.15, -0.1) is 23.8 Å². The molecule has 0 aliphatic rings. The molecule has 0 bridgehead atoms. The Morgan fingerprint density at radius 3 is 2.02 bits per heavy atom. The van der Waals surface area contributed by atoms with Crippen molar-refractivity contribution in [3.63, 3.8) is 0 Å². The summed E-state index contributed by atoms with van der Waals surface area (Å²) in [6.45, 7) is -6.04. The maximum Gasteiger partial charge on any atom is 0.235 e. The van der Waals surface area contributed by atoms with E-state index in [0.29, 0.717) is 27.8 Å². The number of nitrogens with zero attached hydrogens (tertiary/aromatic N) is 4. The monoisotopic (exact) mass is 1020 g/mol. The third-order valence-electron chi connectivity index (χ3n) is 10.0. The van der Waals surface area contributed by atoms with Crippen LogP contribution in [-0.4, -0.2) is 33.2 Å². The van der Waals surface area contributed by atoms with E-state index in [4.69, 9.17) is 21.7 Å². The topological polar surface area (TPSA) is 64.7 Å². The van der Waals surface area contributed by atoms with Crippen molar-refractivity contribution in [2.75, 3.05) is 0 Å². The molecule has 9 rings (SSSR count). The van der Waals surface area contributed by atoms with Crippen molar-refractivity contribution in [2.24, 2.45) is 0 Å². The summed E-state index contributed by atoms with van der Waals surface area (Å²) < 4.78 is 86.8. The number of hydrogen-bond donors (Lipinski definition) is 0. The second-order valence-corrected chi connectivity index (χ2v) is 25.6. The normalized spacial score (nSPS) is 15.5. The van der Waals surface area contributed by atoms with E-state index >= 15 is 0 Å². The molecule has 5 aromatic carbocycles. The van der Waals surface area contributed by atoms with Crippen LogP contribution in [0.3, 0.4) is 0 Å². The van der Waals surface area contributed by atoms with Crippen LogP contribution in [0.25, 0.3) is 67.0 Å². The van der Waals surface area contributed by atoms with Crippen LogP contribution in [0.4, 0.5) is 0 Å². The molecule has 295 valence electrons. The molecule has 0 aliphatic carbocycles. The summed E-state index contributed by atoms with van der Waals surface area (Å²) in [5.74, 6) is 6.25. The summed E-state index contributed by atoms with van der Waals surface area (Å²) in [5, 5.41) is 0.364. The number of aromatic nitrogens is 4. The van der Waals surface area contributed by atoms with Gasteiger partial charge in [-0.1, -0.05) is 36.4 Å². The zero-order valence-electron chi connectivity index (χ0n) is 42.9. The third-order valence-corrected chi connectivity index (χ3v) is 14.2. The molecule has 59 heavy (non-hydrogen) atoms. The van der Waals surface area contributed by atoms with Crippen LogP contribution in [0, 0.1) is 32.7 Å². The molecular weight excluding hydrogens is 961 g/mol. The van der Waals surface area contributed by atoms with E-state index in [2.05, 4.69) is 99.0 Å². The second kappa shape index (κ2) is 17.8. The van der Waals surface area contributed by atoms with Gasteiger partial charge in [0, 0.05) is 44.2 Å². The van der Waals surface area contributed by atoms with Gasteiger partial charge < -0.3 is 9.40 Å². The van der Waals surface area contributed by atoms with Gasteiger partial charge in [0.05, 0.1) is 17.0 Å². The number of rotatable bonds is 7. The minimum absolute atomic E-state index is 0. The predicted octanol–water partition coefficient (Wildman–Crippen LogP) is 12.7. The van der Waals surface area contributed by atoms with Gasteiger partial charge >= 0.3 is 185 Å². The number of benzene rings is 5. The van der Waals surface area contributed by atoms with Crippen molar-refractivity contribution in [3.8, 4) is 44.8 Å². The number of fused-ring (bicyclic) bond motifs is 3. The molecule has 0 N–H and O–H groups in total. The van der Waals surface area contributed by atoms with Gasteiger partial charge in [0.1, 0.15) is 5.52 Å². The van der Waals surface area contributed by atoms with E-state index < -0.39 is 51.1 Å². The molecule has 4 heterocycles. The molecule has 4 aromatic heterocycles. The Bertz CT molecular complexity index is 3260. The second-order valence-electron chi connectivity index (χ2n) is 15.0. The largest absolute Gasteiger partial charge is 0.485 e. The Morgan fingerprint density at radius 1 is 0.678 bits per heavy atom. The summed E-state index contributed by atoms with van der Waals surface area (Å²) in [6.07, 6.45) is 3.52. The van der Waals surface area contributed by atoms with Crippen molar-refractivity contribution in [1.82, 2.24) is 19.9 Å². The molecule has 5 nitrogen and oxygen atoms in total. The Balaban J connectivity index is 0.000000204. The first-order chi connectivity index (χ1) is 32.0. The molecule has 0 amide bonds. The molecule has 7 heteroatoms. The van der Waals surface area contributed by atoms with E-state index in [1.807, 2.05) is 61.7 Å². The van der Waals surface area contributed by atoms with Crippen LogP contribution in [-0.2, 0) is 20.1 Å². The van der Waals surface area contributed by atoms with E-state index in [1.54, 1.807) is 18.2 Å². The first-order valence-electron chi connectivity index (χ1n) is 23.9. The summed E-state index contributed by atoms with van der Waals surface area (Å²) in [7, 11) is 0. The summed E-state index contributed by atoms with van der Waals surface area (Å²) >= 11 is -2.25. The average Bonchev–Trinajstić information content (AvgIpc) is 3.68. The van der Waals surface area contributed by atoms with E-state index in [-0.39, 0.29) is 42.5 Å². The number of pyridine rings is 2. The Morgan fingerprint density at radius 2 is 1.32 bits per heavy atom. The van der Waals surface area contributed by atoms with Crippen molar-refractivity contribution < 1.29 is 38.2 Å². The van der Waals surface area contributed by atoms with E-state index in [1.165, 1.54) is 28.3 Å². The fourth-order valence-electron chi connectivity index (χ4n) is 6.90. The summed E-state index contributed by atoms with van der Waals surface area (Å²) in [4.78, 5) is 17.4. The average molecular weight is 1020 g/mol. The number of aryl methyl sites for hydroxylation is 3. The number of hydrogen-bond acceptors (Lipinski definition) is 5. The number of furan rings is 1. The minimum atomic E-state index is -2.82. The fraction of sp³-hybridized carbons (Fsp3) is 0.154. The van der Waals surface area contributed by atoms with Gasteiger partial charge in [0.2, 0.25) is 5.71 Å². The SMILES string of the molecule is [2H]C(C)(c1ccccc1)c1cc(-c2[c-]ccc(-c3ccccc3)c2)nc[c]1[Ge]([CH3])([CH3])[CH3].[2H]C([2H])([2H])c1cc(-c2[c-]cc3oc4nc(C([2H])([2H])[2H])c(C([2H])([2H])[2H])nc4c3c2)ncc1-c1ccccc1.[Ir]. The van der Waals surface area contributed by atoms with Gasteiger partial charge in [-0.05, 0) is 42.8 Å². The van der Waals surface area contributed by atoms with Crippen molar-refractivity contribution >= 4 is 39.9 Å². The van der Waals surface area contributed by atoms with Gasteiger partial charge in [-0.3, -0.25) is 0 Å². The van der Waals surface area contributed by atoms with Gasteiger partial charge in [-0.2, -0.15) is 0 Å². The molecular formula is C52H46GeIrN4O-2. The molecule has 1 atom stereocenters. The maximum atomic E-state index is 9.36. The summed E-state index contributed by atoms with van der Waals surface area (Å²) in [6, 6.07) is 48.8. The van der Waals surface area contributed by atoms with Crippen LogP contribution < -0.4 is 4.40 Å². The zero-order valence-corrected chi connectivity index (χ0v) is 37.4. The van der Waals surface area contributed by atoms with Crippen molar-refractivity contribution in [3.05, 3.63) is 186 Å². The van der Waals surface area contributed by atoms with Crippen molar-refractivity contribution in [1.29, 1.82) is 0 Å². The summed E-state index contributed by atoms with van der Waals surface area (Å²) in [5.41, 5.74) is 7.18. The Labute approximate surface area is 377 Å². The van der Waals surface area contributed by atoms with Gasteiger partial charge in [0.25, 0.3) is 0 Å². The maximum absolute atomic E-state index is 9.36.